The molecule has 0 aliphatic rings. The molecule has 0 fully saturated rings. The van der Waals surface area contributed by atoms with Gasteiger partial charge in [-0.1, -0.05) is 18.2 Å². The lowest BCUT2D eigenvalue weighted by Gasteiger charge is -2.15. The van der Waals surface area contributed by atoms with Crippen LogP contribution in [-0.4, -0.2) is 28.1 Å². The molecule has 0 heterocycles. The molecule has 3 aromatic rings. The molecular formula is C23H26N2O3S. The molecule has 0 amide bonds. The highest BCUT2D eigenvalue weighted by Gasteiger charge is 2.09. The van der Waals surface area contributed by atoms with Crippen molar-refractivity contribution in [1.29, 1.82) is 0 Å². The predicted molar refractivity (Wildman–Crippen MR) is 119 cm³/mol. The smallest absolute Gasteiger partial charge is 0.131 e. The van der Waals surface area contributed by atoms with E-state index in [0.29, 0.717) is 17.7 Å². The van der Waals surface area contributed by atoms with Crippen LogP contribution in [0.25, 0.3) is 0 Å². The normalized spacial score (nSPS) is 12.0. The first kappa shape index (κ1) is 21.2. The highest BCUT2D eigenvalue weighted by molar-refractivity contribution is 7.98. The second-order valence-electron chi connectivity index (χ2n) is 6.70. The number of aliphatic hydroxyl groups is 2. The van der Waals surface area contributed by atoms with Crippen LogP contribution in [0.15, 0.2) is 71.6 Å². The number of hydrogen-bond donors (Lipinski definition) is 5. The largest absolute Gasteiger partial charge is 0.508 e. The van der Waals surface area contributed by atoms with Crippen molar-refractivity contribution < 1.29 is 15.3 Å². The van der Waals surface area contributed by atoms with E-state index in [1.54, 1.807) is 23.9 Å². The number of benzene rings is 3. The lowest BCUT2D eigenvalue weighted by Crippen LogP contribution is -2.23. The summed E-state index contributed by atoms with van der Waals surface area (Å²) in [5, 5.41) is 35.5. The number of hydrogen-bond acceptors (Lipinski definition) is 6. The molecule has 0 aliphatic heterocycles. The Hall–Kier alpha value is -2.51. The molecule has 0 spiro atoms. The van der Waals surface area contributed by atoms with Crippen LogP contribution in [0.2, 0.25) is 0 Å². The lowest BCUT2D eigenvalue weighted by atomic mass is 10.1. The number of nitrogens with one attached hydrogen (secondary N) is 2. The molecule has 0 aromatic heterocycles. The Labute approximate surface area is 175 Å². The average molecular weight is 411 g/mol. The standard InChI is InChI=1S/C23H26N2O3S/c1-29-21-9-7-20(8-10-21)25-19-5-2-16(3-6-19)12-13-24-23(28)17-4-11-22(27)18(14-17)15-26/h2-11,14,23-28H,12-13,15H2,1H3. The number of rotatable bonds is 9. The van der Waals surface area contributed by atoms with E-state index in [0.717, 1.165) is 23.4 Å². The minimum absolute atomic E-state index is 0.0253. The van der Waals surface area contributed by atoms with Gasteiger partial charge in [-0.3, -0.25) is 5.32 Å². The molecule has 0 aliphatic carbocycles. The fourth-order valence-electron chi connectivity index (χ4n) is 2.97. The van der Waals surface area contributed by atoms with Crippen molar-refractivity contribution in [3.8, 4) is 5.75 Å². The van der Waals surface area contributed by atoms with Gasteiger partial charge in [0.25, 0.3) is 0 Å². The van der Waals surface area contributed by atoms with Crippen LogP contribution in [0.3, 0.4) is 0 Å². The van der Waals surface area contributed by atoms with Crippen LogP contribution < -0.4 is 10.6 Å². The molecule has 29 heavy (non-hydrogen) atoms. The first-order valence-electron chi connectivity index (χ1n) is 9.43. The van der Waals surface area contributed by atoms with Gasteiger partial charge in [0, 0.05) is 28.4 Å². The summed E-state index contributed by atoms with van der Waals surface area (Å²) in [5.41, 5.74) is 4.25. The minimum atomic E-state index is -0.855. The highest BCUT2D eigenvalue weighted by Crippen LogP contribution is 2.22. The first-order valence-corrected chi connectivity index (χ1v) is 10.7. The quantitative estimate of drug-likeness (QED) is 0.269. The second kappa shape index (κ2) is 10.3. The van der Waals surface area contributed by atoms with Crippen molar-refractivity contribution >= 4 is 23.1 Å². The minimum Gasteiger partial charge on any atom is -0.508 e. The molecule has 3 aromatic carbocycles. The fourth-order valence-corrected chi connectivity index (χ4v) is 3.38. The maximum Gasteiger partial charge on any atom is 0.131 e. The Bertz CT molecular complexity index is 914. The SMILES string of the molecule is CSc1ccc(Nc2ccc(CCNC(O)c3ccc(O)c(CO)c3)cc2)cc1. The van der Waals surface area contributed by atoms with Gasteiger partial charge in [0.1, 0.15) is 12.0 Å². The molecule has 1 unspecified atom stereocenters. The Kier molecular flexibility index (Phi) is 7.55. The van der Waals surface area contributed by atoms with Gasteiger partial charge in [0.2, 0.25) is 0 Å². The Balaban J connectivity index is 1.49. The van der Waals surface area contributed by atoms with Crippen molar-refractivity contribution in [3.63, 3.8) is 0 Å². The zero-order valence-corrected chi connectivity index (χ0v) is 17.1. The number of anilines is 2. The van der Waals surface area contributed by atoms with E-state index < -0.39 is 6.23 Å². The van der Waals surface area contributed by atoms with Gasteiger partial charge in [-0.25, -0.2) is 0 Å². The van der Waals surface area contributed by atoms with Gasteiger partial charge in [0.15, 0.2) is 0 Å². The second-order valence-corrected chi connectivity index (χ2v) is 7.58. The van der Waals surface area contributed by atoms with Crippen molar-refractivity contribution in [2.75, 3.05) is 18.1 Å². The maximum absolute atomic E-state index is 10.3. The summed E-state index contributed by atoms with van der Waals surface area (Å²) in [6.07, 6.45) is 1.97. The predicted octanol–water partition coefficient (Wildman–Crippen LogP) is 4.17. The van der Waals surface area contributed by atoms with Gasteiger partial charge >= 0.3 is 0 Å². The van der Waals surface area contributed by atoms with Crippen molar-refractivity contribution in [2.45, 2.75) is 24.2 Å². The average Bonchev–Trinajstić information content (AvgIpc) is 2.75. The van der Waals surface area contributed by atoms with Crippen LogP contribution in [0.4, 0.5) is 11.4 Å². The van der Waals surface area contributed by atoms with Gasteiger partial charge in [-0.15, -0.1) is 11.8 Å². The van der Waals surface area contributed by atoms with Crippen molar-refractivity contribution in [1.82, 2.24) is 5.32 Å². The molecule has 5 N–H and O–H groups in total. The summed E-state index contributed by atoms with van der Waals surface area (Å²) in [5.74, 6) is 0.0253. The van der Waals surface area contributed by atoms with Crippen LogP contribution in [0.5, 0.6) is 5.75 Å². The highest BCUT2D eigenvalue weighted by atomic mass is 32.2. The monoisotopic (exact) mass is 410 g/mol. The number of thioether (sulfide) groups is 1. The number of aromatic hydroxyl groups is 1. The lowest BCUT2D eigenvalue weighted by molar-refractivity contribution is 0.139. The molecule has 0 saturated carbocycles. The molecule has 5 nitrogen and oxygen atoms in total. The van der Waals surface area contributed by atoms with E-state index in [1.807, 2.05) is 12.1 Å². The van der Waals surface area contributed by atoms with Crippen molar-refractivity contribution in [2.24, 2.45) is 0 Å². The van der Waals surface area contributed by atoms with Crippen LogP contribution in [0.1, 0.15) is 22.9 Å². The van der Waals surface area contributed by atoms with Gasteiger partial charge in [-0.2, -0.15) is 0 Å². The number of aliphatic hydroxyl groups excluding tert-OH is 2. The van der Waals surface area contributed by atoms with E-state index in [-0.39, 0.29) is 12.4 Å². The Morgan fingerprint density at radius 1 is 0.931 bits per heavy atom. The Morgan fingerprint density at radius 2 is 1.59 bits per heavy atom. The van der Waals surface area contributed by atoms with Crippen LogP contribution in [0, 0.1) is 0 Å². The summed E-state index contributed by atoms with van der Waals surface area (Å²) in [6.45, 7) is 0.327. The van der Waals surface area contributed by atoms with E-state index in [1.165, 1.54) is 11.0 Å². The van der Waals surface area contributed by atoms with Gasteiger partial charge < -0.3 is 20.6 Å². The Morgan fingerprint density at radius 3 is 2.21 bits per heavy atom. The molecule has 6 heteroatoms. The van der Waals surface area contributed by atoms with Gasteiger partial charge in [-0.05, 0) is 72.3 Å². The zero-order chi connectivity index (χ0) is 20.6. The fraction of sp³-hybridized carbons (Fsp3) is 0.217. The zero-order valence-electron chi connectivity index (χ0n) is 16.3. The first-order chi connectivity index (χ1) is 14.1. The maximum atomic E-state index is 10.3. The van der Waals surface area contributed by atoms with Crippen molar-refractivity contribution in [3.05, 3.63) is 83.4 Å². The van der Waals surface area contributed by atoms with E-state index in [9.17, 15) is 15.3 Å². The summed E-state index contributed by atoms with van der Waals surface area (Å²) < 4.78 is 0. The summed E-state index contributed by atoms with van der Waals surface area (Å²) in [6, 6.07) is 21.3. The molecule has 0 radical (unpaired) electrons. The molecule has 0 saturated heterocycles. The molecule has 3 rings (SSSR count). The molecule has 1 atom stereocenters. The number of phenols is 1. The van der Waals surface area contributed by atoms with E-state index >= 15 is 0 Å². The van der Waals surface area contributed by atoms with Crippen LogP contribution in [-0.2, 0) is 13.0 Å². The third-order valence-corrected chi connectivity index (χ3v) is 5.42. The molecule has 0 bridgehead atoms. The topological polar surface area (TPSA) is 84.8 Å². The molecule has 152 valence electrons. The summed E-state index contributed by atoms with van der Waals surface area (Å²) >= 11 is 1.72. The summed E-state index contributed by atoms with van der Waals surface area (Å²) in [7, 11) is 0. The third kappa shape index (κ3) is 5.98. The summed E-state index contributed by atoms with van der Waals surface area (Å²) in [4.78, 5) is 1.24. The van der Waals surface area contributed by atoms with Crippen LogP contribution >= 0.6 is 11.8 Å². The van der Waals surface area contributed by atoms with E-state index in [4.69, 9.17) is 0 Å². The van der Waals surface area contributed by atoms with Gasteiger partial charge in [0.05, 0.1) is 6.61 Å². The third-order valence-electron chi connectivity index (χ3n) is 4.67. The molecular weight excluding hydrogens is 384 g/mol. The van der Waals surface area contributed by atoms with E-state index in [2.05, 4.69) is 53.3 Å².